The van der Waals surface area contributed by atoms with Crippen molar-refractivity contribution in [1.82, 2.24) is 15.2 Å². The van der Waals surface area contributed by atoms with Crippen LogP contribution >= 0.6 is 45.3 Å². The lowest BCUT2D eigenvalue weighted by molar-refractivity contribution is 0.175. The normalized spacial score (nSPS) is 14.9. The number of thiazole rings is 1. The molecule has 0 amide bonds. The Morgan fingerprint density at radius 3 is 2.75 bits per heavy atom. The number of rotatable bonds is 13. The van der Waals surface area contributed by atoms with E-state index in [2.05, 4.69) is 40.3 Å². The second-order valence-electron chi connectivity index (χ2n) is 9.61. The number of benzene rings is 2. The molecular formula is C28H41Br2N3O2S. The zero-order valence-electron chi connectivity index (χ0n) is 21.3. The van der Waals surface area contributed by atoms with E-state index in [0.717, 1.165) is 49.0 Å². The smallest absolute Gasteiger partial charge is 0.305 e. The van der Waals surface area contributed by atoms with Gasteiger partial charge in [0.05, 0.1) is 10.2 Å². The molecule has 0 saturated carbocycles. The Hall–Kier alpha value is -1.19. The lowest BCUT2D eigenvalue weighted by Crippen LogP contribution is -2.40. The zero-order chi connectivity index (χ0) is 23.8. The lowest BCUT2D eigenvalue weighted by atomic mass is 9.86. The highest BCUT2D eigenvalue weighted by molar-refractivity contribution is 8.93. The summed E-state index contributed by atoms with van der Waals surface area (Å²) in [6, 6.07) is 12.9. The SMILES string of the molecule is Br.Br.CCCN(CCCCCCNCCc1ccc2[nH]c(=O)sc2c1)[C@H]1CCc2c(O)cccc2C1. The molecule has 1 atom stereocenters. The molecule has 0 aliphatic heterocycles. The van der Waals surface area contributed by atoms with E-state index in [9.17, 15) is 9.90 Å². The van der Waals surface area contributed by atoms with Crippen LogP contribution in [0, 0.1) is 0 Å². The highest BCUT2D eigenvalue weighted by Crippen LogP contribution is 2.30. The summed E-state index contributed by atoms with van der Waals surface area (Å²) in [5.74, 6) is 0.478. The van der Waals surface area contributed by atoms with Crippen LogP contribution in [0.25, 0.3) is 10.2 Å². The first-order chi connectivity index (χ1) is 16.6. The van der Waals surface area contributed by atoms with Gasteiger partial charge < -0.3 is 20.3 Å². The van der Waals surface area contributed by atoms with Crippen LogP contribution in [-0.2, 0) is 19.3 Å². The molecule has 8 heteroatoms. The van der Waals surface area contributed by atoms with E-state index in [1.165, 1.54) is 73.2 Å². The Kier molecular flexibility index (Phi) is 13.7. The fraction of sp³-hybridized carbons (Fsp3) is 0.536. The summed E-state index contributed by atoms with van der Waals surface area (Å²) in [5, 5.41) is 13.7. The van der Waals surface area contributed by atoms with E-state index in [0.29, 0.717) is 11.8 Å². The average molecular weight is 644 g/mol. The van der Waals surface area contributed by atoms with Crippen LogP contribution in [0.3, 0.4) is 0 Å². The van der Waals surface area contributed by atoms with Crippen molar-refractivity contribution in [2.24, 2.45) is 0 Å². The van der Waals surface area contributed by atoms with Crippen LogP contribution in [0.5, 0.6) is 5.75 Å². The van der Waals surface area contributed by atoms with Crippen molar-refractivity contribution in [3.05, 3.63) is 62.8 Å². The lowest BCUT2D eigenvalue weighted by Gasteiger charge is -2.35. The number of hydrogen-bond donors (Lipinski definition) is 3. The third-order valence-electron chi connectivity index (χ3n) is 7.08. The second kappa shape index (κ2) is 15.9. The molecule has 1 aliphatic carbocycles. The van der Waals surface area contributed by atoms with Crippen LogP contribution in [-0.4, -0.2) is 47.2 Å². The first-order valence-electron chi connectivity index (χ1n) is 13.0. The van der Waals surface area contributed by atoms with E-state index in [4.69, 9.17) is 0 Å². The van der Waals surface area contributed by atoms with E-state index in [-0.39, 0.29) is 38.8 Å². The molecule has 5 nitrogen and oxygen atoms in total. The van der Waals surface area contributed by atoms with Gasteiger partial charge in [-0.2, -0.15) is 0 Å². The minimum absolute atomic E-state index is 0. The van der Waals surface area contributed by atoms with Crippen molar-refractivity contribution in [3.8, 4) is 5.75 Å². The van der Waals surface area contributed by atoms with Crippen molar-refractivity contribution in [2.75, 3.05) is 26.2 Å². The van der Waals surface area contributed by atoms with E-state index < -0.39 is 0 Å². The summed E-state index contributed by atoms with van der Waals surface area (Å²) >= 11 is 1.29. The number of hydrogen-bond acceptors (Lipinski definition) is 5. The van der Waals surface area contributed by atoms with Crippen LogP contribution in [0.1, 0.15) is 62.1 Å². The highest BCUT2D eigenvalue weighted by atomic mass is 79.9. The van der Waals surface area contributed by atoms with Gasteiger partial charge in [-0.15, -0.1) is 34.0 Å². The van der Waals surface area contributed by atoms with E-state index >= 15 is 0 Å². The molecule has 0 bridgehead atoms. The van der Waals surface area contributed by atoms with Crippen molar-refractivity contribution >= 4 is 55.5 Å². The number of aromatic hydroxyl groups is 1. The van der Waals surface area contributed by atoms with Crippen LogP contribution in [0.2, 0.25) is 0 Å². The topological polar surface area (TPSA) is 68.4 Å². The first kappa shape index (κ1) is 31.0. The number of halogens is 2. The molecule has 2 aromatic carbocycles. The number of nitrogens with one attached hydrogen (secondary N) is 2. The van der Waals surface area contributed by atoms with Crippen molar-refractivity contribution in [2.45, 2.75) is 70.8 Å². The fourth-order valence-electron chi connectivity index (χ4n) is 5.27. The standard InChI is InChI=1S/C28H39N3O2S.2BrH/c1-2-17-31(23-11-12-24-22(20-23)8-7-9-26(24)32)18-6-4-3-5-15-29-16-14-21-10-13-25-27(19-21)34-28(33)30-25;;/h7-10,13,19,23,29,32H,2-6,11-12,14-18,20H2,1H3,(H,30,33);2*1H/t23-;;/m0../s1. The molecule has 0 saturated heterocycles. The molecule has 1 heterocycles. The quantitative estimate of drug-likeness (QED) is 0.188. The van der Waals surface area contributed by atoms with Gasteiger partial charge in [0.1, 0.15) is 5.75 Å². The fourth-order valence-corrected chi connectivity index (χ4v) is 6.07. The van der Waals surface area contributed by atoms with Crippen LogP contribution < -0.4 is 10.2 Å². The monoisotopic (exact) mass is 641 g/mol. The molecule has 36 heavy (non-hydrogen) atoms. The maximum atomic E-state index is 11.5. The Bertz CT molecular complexity index is 1120. The number of aromatic amines is 1. The van der Waals surface area contributed by atoms with Gasteiger partial charge in [0.25, 0.3) is 0 Å². The zero-order valence-corrected chi connectivity index (χ0v) is 25.5. The maximum absolute atomic E-state index is 11.5. The number of phenolic OH excluding ortho intramolecular Hbond substituents is 1. The maximum Gasteiger partial charge on any atom is 0.305 e. The third-order valence-corrected chi connectivity index (χ3v) is 7.93. The number of aromatic nitrogens is 1. The van der Waals surface area contributed by atoms with Gasteiger partial charge in [-0.1, -0.05) is 49.3 Å². The molecular weight excluding hydrogens is 602 g/mol. The van der Waals surface area contributed by atoms with Gasteiger partial charge in [0.15, 0.2) is 0 Å². The summed E-state index contributed by atoms with van der Waals surface area (Å²) < 4.78 is 1.05. The molecule has 3 N–H and O–H groups in total. The second-order valence-corrected chi connectivity index (χ2v) is 10.6. The van der Waals surface area contributed by atoms with E-state index in [1.54, 1.807) is 0 Å². The minimum atomic E-state index is 0. The Labute approximate surface area is 240 Å². The Morgan fingerprint density at radius 1 is 1.08 bits per heavy atom. The van der Waals surface area contributed by atoms with Gasteiger partial charge in [0.2, 0.25) is 0 Å². The van der Waals surface area contributed by atoms with Crippen molar-refractivity contribution in [3.63, 3.8) is 0 Å². The number of unbranched alkanes of at least 4 members (excludes halogenated alkanes) is 3. The van der Waals surface area contributed by atoms with Crippen LogP contribution in [0.4, 0.5) is 0 Å². The average Bonchev–Trinajstić information content (AvgIpc) is 3.21. The van der Waals surface area contributed by atoms with E-state index in [1.807, 2.05) is 18.2 Å². The molecule has 4 rings (SSSR count). The molecule has 0 spiro atoms. The van der Waals surface area contributed by atoms with Gasteiger partial charge in [-0.3, -0.25) is 4.79 Å². The number of nitrogens with zero attached hydrogens (tertiary/aromatic N) is 1. The highest BCUT2D eigenvalue weighted by Gasteiger charge is 2.24. The number of phenols is 1. The Morgan fingerprint density at radius 2 is 1.92 bits per heavy atom. The number of fused-ring (bicyclic) bond motifs is 2. The van der Waals surface area contributed by atoms with Gasteiger partial charge in [-0.05, 0) is 106 Å². The summed E-state index contributed by atoms with van der Waals surface area (Å²) in [5.41, 5.74) is 4.74. The first-order valence-corrected chi connectivity index (χ1v) is 13.8. The van der Waals surface area contributed by atoms with Crippen molar-refractivity contribution in [1.29, 1.82) is 0 Å². The Balaban J connectivity index is 0.00000228. The molecule has 0 radical (unpaired) electrons. The molecule has 0 fully saturated rings. The molecule has 200 valence electrons. The minimum Gasteiger partial charge on any atom is -0.508 e. The summed E-state index contributed by atoms with van der Waals surface area (Å²) in [4.78, 5) is 17.0. The predicted molar refractivity (Wildman–Crippen MR) is 164 cm³/mol. The van der Waals surface area contributed by atoms with Crippen LogP contribution in [0.15, 0.2) is 41.2 Å². The summed E-state index contributed by atoms with van der Waals surface area (Å²) in [7, 11) is 0. The third kappa shape index (κ3) is 8.69. The van der Waals surface area contributed by atoms with Crippen molar-refractivity contribution < 1.29 is 5.11 Å². The predicted octanol–water partition coefficient (Wildman–Crippen LogP) is 6.41. The van der Waals surface area contributed by atoms with Gasteiger partial charge in [0, 0.05) is 6.04 Å². The number of H-pyrrole nitrogens is 1. The van der Waals surface area contributed by atoms with Gasteiger partial charge in [-0.25, -0.2) is 0 Å². The molecule has 1 aromatic heterocycles. The molecule has 0 unspecified atom stereocenters. The largest absolute Gasteiger partial charge is 0.508 e. The van der Waals surface area contributed by atoms with Gasteiger partial charge >= 0.3 is 4.87 Å². The molecule has 1 aliphatic rings. The summed E-state index contributed by atoms with van der Waals surface area (Å²) in [6.45, 7) is 6.69. The summed E-state index contributed by atoms with van der Waals surface area (Å²) in [6.07, 6.45) is 10.5. The molecule has 3 aromatic rings.